The first-order chi connectivity index (χ1) is 9.09. The minimum atomic E-state index is -4.73. The predicted molar refractivity (Wildman–Crippen MR) is 58.6 cm³/mol. The SMILES string of the molecule is O=C1N[C@@H](c2cc(Cl)cc(C(F)(F)F)c2)C(F)(F)CO1. The zero-order chi connectivity index (χ0) is 15.1. The lowest BCUT2D eigenvalue weighted by molar-refractivity contribution is -0.138. The van der Waals surface area contributed by atoms with Gasteiger partial charge in [-0.3, -0.25) is 0 Å². The van der Waals surface area contributed by atoms with Crippen LogP contribution in [-0.2, 0) is 10.9 Å². The maximum absolute atomic E-state index is 13.6. The van der Waals surface area contributed by atoms with E-state index in [0.29, 0.717) is 12.1 Å². The van der Waals surface area contributed by atoms with Crippen molar-refractivity contribution in [2.75, 3.05) is 6.61 Å². The topological polar surface area (TPSA) is 38.3 Å². The number of cyclic esters (lactones) is 1. The lowest BCUT2D eigenvalue weighted by Crippen LogP contribution is -2.49. The Kier molecular flexibility index (Phi) is 3.53. The molecule has 3 nitrogen and oxygen atoms in total. The molecule has 1 fully saturated rings. The van der Waals surface area contributed by atoms with E-state index in [9.17, 15) is 26.7 Å². The monoisotopic (exact) mass is 315 g/mol. The molecule has 0 spiro atoms. The zero-order valence-electron chi connectivity index (χ0n) is 9.60. The van der Waals surface area contributed by atoms with Crippen molar-refractivity contribution in [2.45, 2.75) is 18.1 Å². The molecular weight excluding hydrogens is 309 g/mol. The van der Waals surface area contributed by atoms with E-state index in [1.165, 1.54) is 0 Å². The third-order valence-electron chi connectivity index (χ3n) is 2.66. The van der Waals surface area contributed by atoms with E-state index in [1.807, 2.05) is 0 Å². The van der Waals surface area contributed by atoms with E-state index in [0.717, 1.165) is 6.07 Å². The van der Waals surface area contributed by atoms with Crippen molar-refractivity contribution >= 4 is 17.7 Å². The Labute approximate surface area is 114 Å². The second kappa shape index (κ2) is 4.76. The minimum absolute atomic E-state index is 0.355. The molecule has 0 aromatic heterocycles. The molecule has 2 rings (SSSR count). The van der Waals surface area contributed by atoms with E-state index < -0.39 is 42.0 Å². The number of hydrogen-bond donors (Lipinski definition) is 1. The largest absolute Gasteiger partial charge is 0.443 e. The lowest BCUT2D eigenvalue weighted by Gasteiger charge is -2.32. The van der Waals surface area contributed by atoms with Crippen LogP contribution >= 0.6 is 11.6 Å². The first-order valence-corrected chi connectivity index (χ1v) is 5.66. The van der Waals surface area contributed by atoms with Crippen molar-refractivity contribution in [3.63, 3.8) is 0 Å². The molecule has 1 N–H and O–H groups in total. The molecule has 0 unspecified atom stereocenters. The molecule has 1 aliphatic rings. The fourth-order valence-corrected chi connectivity index (χ4v) is 2.02. The molecule has 0 saturated carbocycles. The number of hydrogen-bond acceptors (Lipinski definition) is 2. The molecule has 0 radical (unpaired) electrons. The van der Waals surface area contributed by atoms with Crippen LogP contribution in [0.5, 0.6) is 0 Å². The predicted octanol–water partition coefficient (Wildman–Crippen LogP) is 3.78. The maximum atomic E-state index is 13.6. The summed E-state index contributed by atoms with van der Waals surface area (Å²) in [7, 11) is 0. The van der Waals surface area contributed by atoms with Crippen LogP contribution in [0, 0.1) is 0 Å². The molecular formula is C11H7ClF5NO2. The summed E-state index contributed by atoms with van der Waals surface area (Å²) in [6.45, 7) is -1.21. The number of halogens is 6. The second-order valence-electron chi connectivity index (χ2n) is 4.19. The van der Waals surface area contributed by atoms with Gasteiger partial charge in [0.25, 0.3) is 0 Å². The summed E-state index contributed by atoms with van der Waals surface area (Å²) in [4.78, 5) is 11.0. The Morgan fingerprint density at radius 3 is 2.55 bits per heavy atom. The number of rotatable bonds is 1. The highest BCUT2D eigenvalue weighted by atomic mass is 35.5. The molecule has 1 saturated heterocycles. The van der Waals surface area contributed by atoms with E-state index in [2.05, 4.69) is 4.74 Å². The summed E-state index contributed by atoms with van der Waals surface area (Å²) in [5.74, 6) is -3.54. The van der Waals surface area contributed by atoms with Gasteiger partial charge in [0.05, 0.1) is 5.56 Å². The van der Waals surface area contributed by atoms with Crippen LogP contribution in [0.2, 0.25) is 5.02 Å². The summed E-state index contributed by atoms with van der Waals surface area (Å²) in [5, 5.41) is 1.44. The van der Waals surface area contributed by atoms with E-state index in [-0.39, 0.29) is 5.02 Å². The Hall–Kier alpha value is -1.57. The van der Waals surface area contributed by atoms with Gasteiger partial charge in [-0.25, -0.2) is 13.6 Å². The van der Waals surface area contributed by atoms with Crippen LogP contribution in [0.3, 0.4) is 0 Å². The van der Waals surface area contributed by atoms with E-state index in [1.54, 1.807) is 5.32 Å². The van der Waals surface area contributed by atoms with Crippen molar-refractivity contribution in [2.24, 2.45) is 0 Å². The molecule has 1 amide bonds. The Balaban J connectivity index is 2.46. The van der Waals surface area contributed by atoms with Crippen LogP contribution < -0.4 is 5.32 Å². The molecule has 1 atom stereocenters. The van der Waals surface area contributed by atoms with Crippen molar-refractivity contribution in [1.29, 1.82) is 0 Å². The lowest BCUT2D eigenvalue weighted by atomic mass is 9.98. The number of amides is 1. The van der Waals surface area contributed by atoms with Gasteiger partial charge in [-0.2, -0.15) is 13.2 Å². The maximum Gasteiger partial charge on any atom is 0.416 e. The number of alkyl halides is 5. The van der Waals surface area contributed by atoms with Crippen LogP contribution in [0.15, 0.2) is 18.2 Å². The summed E-state index contributed by atoms with van der Waals surface area (Å²) in [6, 6.07) is 0.157. The summed E-state index contributed by atoms with van der Waals surface area (Å²) in [6.07, 6.45) is -5.86. The average molecular weight is 316 g/mol. The van der Waals surface area contributed by atoms with Gasteiger partial charge in [-0.1, -0.05) is 11.6 Å². The van der Waals surface area contributed by atoms with Gasteiger partial charge in [0, 0.05) is 5.02 Å². The van der Waals surface area contributed by atoms with Gasteiger partial charge in [-0.05, 0) is 23.8 Å². The zero-order valence-corrected chi connectivity index (χ0v) is 10.4. The second-order valence-corrected chi connectivity index (χ2v) is 4.62. The highest BCUT2D eigenvalue weighted by molar-refractivity contribution is 6.30. The summed E-state index contributed by atoms with van der Waals surface area (Å²) < 4.78 is 69.2. The fraction of sp³-hybridized carbons (Fsp3) is 0.364. The van der Waals surface area contributed by atoms with Crippen LogP contribution in [0.25, 0.3) is 0 Å². The summed E-state index contributed by atoms with van der Waals surface area (Å²) in [5.41, 5.74) is -1.61. The molecule has 9 heteroatoms. The van der Waals surface area contributed by atoms with Crippen molar-refractivity contribution in [3.05, 3.63) is 34.3 Å². The molecule has 20 heavy (non-hydrogen) atoms. The molecule has 1 heterocycles. The van der Waals surface area contributed by atoms with Gasteiger partial charge in [-0.15, -0.1) is 0 Å². The highest BCUT2D eigenvalue weighted by Crippen LogP contribution is 2.38. The van der Waals surface area contributed by atoms with Gasteiger partial charge in [0.2, 0.25) is 0 Å². The molecule has 1 aromatic rings. The van der Waals surface area contributed by atoms with Crippen molar-refractivity contribution in [1.82, 2.24) is 5.32 Å². The van der Waals surface area contributed by atoms with Crippen LogP contribution in [0.1, 0.15) is 17.2 Å². The highest BCUT2D eigenvalue weighted by Gasteiger charge is 2.47. The Bertz CT molecular complexity index is 546. The normalized spacial score (nSPS) is 22.1. The number of nitrogens with one attached hydrogen (secondary N) is 1. The Morgan fingerprint density at radius 1 is 1.30 bits per heavy atom. The standard InChI is InChI=1S/C11H7ClF5NO2/c12-7-2-5(1-6(3-7)11(15,16)17)8-10(13,14)4-20-9(19)18-8/h1-3,8H,4H2,(H,18,19)/t8-/m0/s1. The van der Waals surface area contributed by atoms with Gasteiger partial charge in [0.15, 0.2) is 6.61 Å². The molecule has 110 valence electrons. The molecule has 1 aromatic carbocycles. The average Bonchev–Trinajstić information content (AvgIpc) is 2.30. The van der Waals surface area contributed by atoms with Gasteiger partial charge < -0.3 is 10.1 Å². The van der Waals surface area contributed by atoms with Crippen molar-refractivity contribution in [3.8, 4) is 0 Å². The van der Waals surface area contributed by atoms with Crippen LogP contribution in [-0.4, -0.2) is 18.6 Å². The third kappa shape index (κ3) is 2.95. The van der Waals surface area contributed by atoms with Crippen LogP contribution in [0.4, 0.5) is 26.7 Å². The molecule has 0 aliphatic carbocycles. The fourth-order valence-electron chi connectivity index (χ4n) is 1.78. The molecule has 1 aliphatic heterocycles. The third-order valence-corrected chi connectivity index (χ3v) is 2.88. The smallest absolute Gasteiger partial charge is 0.416 e. The van der Waals surface area contributed by atoms with E-state index in [4.69, 9.17) is 11.6 Å². The Morgan fingerprint density at radius 2 is 1.95 bits per heavy atom. The van der Waals surface area contributed by atoms with E-state index >= 15 is 0 Å². The first-order valence-electron chi connectivity index (χ1n) is 5.28. The van der Waals surface area contributed by atoms with Crippen molar-refractivity contribution < 1.29 is 31.5 Å². The number of carbonyl (C=O) groups is 1. The van der Waals surface area contributed by atoms with Gasteiger partial charge in [0.1, 0.15) is 6.04 Å². The quantitative estimate of drug-likeness (QED) is 0.801. The summed E-state index contributed by atoms with van der Waals surface area (Å²) >= 11 is 5.52. The first kappa shape index (κ1) is 14.8. The number of benzene rings is 1. The number of ether oxygens (including phenoxy) is 1. The van der Waals surface area contributed by atoms with Gasteiger partial charge >= 0.3 is 18.2 Å². The number of alkyl carbamates (subject to hydrolysis) is 1. The number of carbonyl (C=O) groups excluding carboxylic acids is 1. The molecule has 0 bridgehead atoms. The minimum Gasteiger partial charge on any atom is -0.443 e.